The van der Waals surface area contributed by atoms with E-state index in [1.807, 2.05) is 25.1 Å². The third-order valence-electron chi connectivity index (χ3n) is 5.30. The number of hydrogen-bond acceptors (Lipinski definition) is 7. The molecular formula is C26H20BrN3O6S. The Bertz CT molecular complexity index is 1440. The zero-order valence-electron chi connectivity index (χ0n) is 19.5. The van der Waals surface area contributed by atoms with Crippen LogP contribution in [0.2, 0.25) is 0 Å². The first-order valence-corrected chi connectivity index (χ1v) is 12.6. The van der Waals surface area contributed by atoms with Crippen LogP contribution in [-0.4, -0.2) is 33.5 Å². The number of thioether (sulfide) groups is 1. The highest BCUT2D eigenvalue weighted by molar-refractivity contribution is 9.10. The van der Waals surface area contributed by atoms with Crippen LogP contribution >= 0.6 is 27.7 Å². The molecule has 37 heavy (non-hydrogen) atoms. The molecule has 9 nitrogen and oxygen atoms in total. The van der Waals surface area contributed by atoms with Crippen LogP contribution in [0.3, 0.4) is 0 Å². The van der Waals surface area contributed by atoms with Crippen molar-refractivity contribution in [1.29, 1.82) is 0 Å². The molecule has 0 spiro atoms. The van der Waals surface area contributed by atoms with Gasteiger partial charge in [-0.3, -0.25) is 29.4 Å². The lowest BCUT2D eigenvalue weighted by Crippen LogP contribution is -2.27. The number of para-hydroxylation sites is 1. The van der Waals surface area contributed by atoms with Gasteiger partial charge in [0.05, 0.1) is 20.8 Å². The third kappa shape index (κ3) is 6.43. The number of nitrogens with one attached hydrogen (secondary N) is 1. The molecule has 4 rings (SSSR count). The van der Waals surface area contributed by atoms with Crippen molar-refractivity contribution in [2.75, 3.05) is 11.9 Å². The zero-order valence-corrected chi connectivity index (χ0v) is 21.9. The molecule has 0 radical (unpaired) electrons. The second-order valence-corrected chi connectivity index (χ2v) is 9.90. The van der Waals surface area contributed by atoms with Gasteiger partial charge in [0, 0.05) is 17.3 Å². The molecule has 3 aromatic rings. The Morgan fingerprint density at radius 1 is 1.14 bits per heavy atom. The van der Waals surface area contributed by atoms with Gasteiger partial charge < -0.3 is 10.1 Å². The number of halogens is 1. The molecule has 1 aliphatic heterocycles. The van der Waals surface area contributed by atoms with Crippen molar-refractivity contribution in [2.45, 2.75) is 13.5 Å². The quantitative estimate of drug-likeness (QED) is 0.199. The third-order valence-corrected chi connectivity index (χ3v) is 6.83. The maximum absolute atomic E-state index is 12.9. The van der Waals surface area contributed by atoms with Crippen LogP contribution in [-0.2, 0) is 16.1 Å². The number of rotatable bonds is 8. The maximum atomic E-state index is 12.9. The van der Waals surface area contributed by atoms with Crippen LogP contribution in [0.1, 0.15) is 16.7 Å². The lowest BCUT2D eigenvalue weighted by atomic mass is 10.1. The Balaban J connectivity index is 1.41. The molecular weight excluding hydrogens is 562 g/mol. The number of amides is 3. The number of carbonyl (C=O) groups is 3. The normalized spacial score (nSPS) is 14.2. The SMILES string of the molecule is Cc1cccc(NC(=O)COc2ccc(/C=C3\SC(=O)N(Cc4ccccc4[N+](=O)[O-])C3=O)cc2Br)c1. The zero-order chi connectivity index (χ0) is 26.5. The Hall–Kier alpha value is -3.96. The molecule has 0 atom stereocenters. The highest BCUT2D eigenvalue weighted by atomic mass is 79.9. The molecule has 1 heterocycles. The van der Waals surface area contributed by atoms with E-state index < -0.39 is 16.1 Å². The predicted octanol–water partition coefficient (Wildman–Crippen LogP) is 5.92. The summed E-state index contributed by atoms with van der Waals surface area (Å²) in [6.45, 7) is 1.54. The predicted molar refractivity (Wildman–Crippen MR) is 144 cm³/mol. The van der Waals surface area contributed by atoms with Crippen molar-refractivity contribution < 1.29 is 24.0 Å². The van der Waals surface area contributed by atoms with Gasteiger partial charge >= 0.3 is 0 Å². The highest BCUT2D eigenvalue weighted by Crippen LogP contribution is 2.35. The molecule has 3 amide bonds. The minimum atomic E-state index is -0.544. The number of imide groups is 1. The van der Waals surface area contributed by atoms with E-state index in [9.17, 15) is 24.5 Å². The summed E-state index contributed by atoms with van der Waals surface area (Å²) in [5, 5.41) is 13.5. The minimum Gasteiger partial charge on any atom is -0.483 e. The highest BCUT2D eigenvalue weighted by Gasteiger charge is 2.36. The van der Waals surface area contributed by atoms with Gasteiger partial charge in [0.2, 0.25) is 0 Å². The molecule has 1 saturated heterocycles. The van der Waals surface area contributed by atoms with Crippen molar-refractivity contribution >= 4 is 62.2 Å². The first-order valence-electron chi connectivity index (χ1n) is 11.0. The van der Waals surface area contributed by atoms with Crippen molar-refractivity contribution in [3.05, 3.63) is 103 Å². The smallest absolute Gasteiger partial charge is 0.293 e. The molecule has 0 bridgehead atoms. The second kappa shape index (κ2) is 11.4. The van der Waals surface area contributed by atoms with Crippen LogP contribution in [0.4, 0.5) is 16.2 Å². The number of anilines is 1. The number of nitro benzene ring substituents is 1. The van der Waals surface area contributed by atoms with Gasteiger partial charge in [0.1, 0.15) is 5.75 Å². The molecule has 1 N–H and O–H groups in total. The molecule has 0 unspecified atom stereocenters. The fourth-order valence-corrected chi connectivity index (χ4v) is 4.92. The van der Waals surface area contributed by atoms with Gasteiger partial charge in [0.15, 0.2) is 6.61 Å². The summed E-state index contributed by atoms with van der Waals surface area (Å²) in [6.07, 6.45) is 1.56. The average Bonchev–Trinajstić information content (AvgIpc) is 3.11. The van der Waals surface area contributed by atoms with E-state index in [2.05, 4.69) is 21.2 Å². The summed E-state index contributed by atoms with van der Waals surface area (Å²) in [5.41, 5.74) is 2.44. The largest absolute Gasteiger partial charge is 0.483 e. The Morgan fingerprint density at radius 2 is 1.92 bits per heavy atom. The van der Waals surface area contributed by atoms with Crippen molar-refractivity contribution in [3.63, 3.8) is 0 Å². The molecule has 1 fully saturated rings. The van der Waals surface area contributed by atoms with E-state index in [0.29, 0.717) is 21.5 Å². The van der Waals surface area contributed by atoms with Gasteiger partial charge in [-0.2, -0.15) is 0 Å². The Kier molecular flexibility index (Phi) is 8.04. The Labute approximate surface area is 224 Å². The molecule has 0 aliphatic carbocycles. The number of nitrogens with zero attached hydrogens (tertiary/aromatic N) is 2. The van der Waals surface area contributed by atoms with Gasteiger partial charge in [-0.15, -0.1) is 0 Å². The summed E-state index contributed by atoms with van der Waals surface area (Å²) in [6, 6.07) is 18.4. The Morgan fingerprint density at radius 3 is 2.65 bits per heavy atom. The average molecular weight is 582 g/mol. The van der Waals surface area contributed by atoms with Gasteiger partial charge in [-0.1, -0.05) is 36.4 Å². The molecule has 3 aromatic carbocycles. The van der Waals surface area contributed by atoms with Crippen molar-refractivity contribution in [2.24, 2.45) is 0 Å². The summed E-state index contributed by atoms with van der Waals surface area (Å²) in [5.74, 6) is -0.410. The number of hydrogen-bond donors (Lipinski definition) is 1. The maximum Gasteiger partial charge on any atom is 0.293 e. The van der Waals surface area contributed by atoms with E-state index in [1.54, 1.807) is 36.4 Å². The van der Waals surface area contributed by atoms with Crippen molar-refractivity contribution in [3.8, 4) is 5.75 Å². The van der Waals surface area contributed by atoms with Crippen LogP contribution in [0, 0.1) is 17.0 Å². The first kappa shape index (κ1) is 26.1. The summed E-state index contributed by atoms with van der Waals surface area (Å²) < 4.78 is 6.17. The van der Waals surface area contributed by atoms with Gasteiger partial charge in [-0.05, 0) is 76.1 Å². The lowest BCUT2D eigenvalue weighted by molar-refractivity contribution is -0.385. The molecule has 1 aliphatic rings. The minimum absolute atomic E-state index is 0.155. The summed E-state index contributed by atoms with van der Waals surface area (Å²) >= 11 is 4.17. The van der Waals surface area contributed by atoms with E-state index in [4.69, 9.17) is 4.74 Å². The monoisotopic (exact) mass is 581 g/mol. The molecule has 11 heteroatoms. The molecule has 0 aromatic heterocycles. The number of aryl methyl sites for hydroxylation is 1. The number of nitro groups is 1. The number of ether oxygens (including phenoxy) is 1. The fraction of sp³-hybridized carbons (Fsp3) is 0.115. The topological polar surface area (TPSA) is 119 Å². The fourth-order valence-electron chi connectivity index (χ4n) is 3.57. The second-order valence-electron chi connectivity index (χ2n) is 8.05. The van der Waals surface area contributed by atoms with Gasteiger partial charge in [-0.25, -0.2) is 0 Å². The summed E-state index contributed by atoms with van der Waals surface area (Å²) in [7, 11) is 0. The van der Waals surface area contributed by atoms with Gasteiger partial charge in [0.25, 0.3) is 22.7 Å². The van der Waals surface area contributed by atoms with Crippen molar-refractivity contribution in [1.82, 2.24) is 4.90 Å². The number of carbonyl (C=O) groups excluding carboxylic acids is 3. The van der Waals surface area contributed by atoms with Crippen LogP contribution in [0.15, 0.2) is 76.1 Å². The first-order chi connectivity index (χ1) is 17.7. The van der Waals surface area contributed by atoms with Crippen LogP contribution in [0.25, 0.3) is 6.08 Å². The molecule has 0 saturated carbocycles. The van der Waals surface area contributed by atoms with E-state index in [1.165, 1.54) is 18.2 Å². The van der Waals surface area contributed by atoms with E-state index in [-0.39, 0.29) is 35.2 Å². The van der Waals surface area contributed by atoms with E-state index >= 15 is 0 Å². The van der Waals surface area contributed by atoms with Crippen LogP contribution in [0.5, 0.6) is 5.75 Å². The number of benzene rings is 3. The molecule has 188 valence electrons. The van der Waals surface area contributed by atoms with Crippen LogP contribution < -0.4 is 10.1 Å². The standard InChI is InChI=1S/C26H20BrN3O6S/c1-16-5-4-7-19(11-16)28-24(31)15-36-22-10-9-17(12-20(22)27)13-23-25(32)29(26(33)37-23)14-18-6-2-3-8-21(18)30(34)35/h2-13H,14-15H2,1H3,(H,28,31)/b23-13-. The lowest BCUT2D eigenvalue weighted by Gasteiger charge is -2.12. The summed E-state index contributed by atoms with van der Waals surface area (Å²) in [4.78, 5) is 49.5. The van der Waals surface area contributed by atoms with E-state index in [0.717, 1.165) is 22.2 Å².